The number of amides is 1. The van der Waals surface area contributed by atoms with E-state index >= 15 is 0 Å². The van der Waals surface area contributed by atoms with Crippen LogP contribution in [0.5, 0.6) is 0 Å². The number of hydrogen-bond acceptors (Lipinski definition) is 3. The summed E-state index contributed by atoms with van der Waals surface area (Å²) in [6.07, 6.45) is 3.24. The molecule has 0 saturated heterocycles. The van der Waals surface area contributed by atoms with E-state index in [1.165, 1.54) is 17.0 Å². The molecule has 0 fully saturated rings. The summed E-state index contributed by atoms with van der Waals surface area (Å²) in [6.45, 7) is 7.96. The molecule has 1 amide bonds. The van der Waals surface area contributed by atoms with Crippen LogP contribution in [0.3, 0.4) is 0 Å². The van der Waals surface area contributed by atoms with Gasteiger partial charge in [-0.1, -0.05) is 12.2 Å². The van der Waals surface area contributed by atoms with Crippen molar-refractivity contribution in [2.24, 2.45) is 0 Å². The molecule has 0 radical (unpaired) electrons. The minimum atomic E-state index is -1.02. The molecule has 0 aliphatic rings. The first kappa shape index (κ1) is 13.2. The Bertz CT molecular complexity index is 440. The number of hydrogen-bond donors (Lipinski definition) is 1. The number of nitrogens with zero attached hydrogens (tertiary/aromatic N) is 1. The number of carbonyl (C=O) groups is 2. The highest BCUT2D eigenvalue weighted by Gasteiger charge is 2.17. The summed E-state index contributed by atoms with van der Waals surface area (Å²) < 4.78 is 0. The molecule has 0 aliphatic heterocycles. The summed E-state index contributed by atoms with van der Waals surface area (Å²) in [7, 11) is 0. The summed E-state index contributed by atoms with van der Waals surface area (Å²) in [5, 5.41) is 8.78. The third-order valence-electron chi connectivity index (χ3n) is 2.01. The van der Waals surface area contributed by atoms with Crippen LogP contribution in [0.1, 0.15) is 19.3 Å². The van der Waals surface area contributed by atoms with Crippen molar-refractivity contribution in [1.82, 2.24) is 4.90 Å². The minimum Gasteiger partial charge on any atom is -0.477 e. The van der Waals surface area contributed by atoms with Gasteiger partial charge in [0.15, 0.2) is 0 Å². The predicted octanol–water partition coefficient (Wildman–Crippen LogP) is 2.26. The molecule has 0 atom stereocenters. The number of carboxylic acids is 1. The average molecular weight is 251 g/mol. The largest absolute Gasteiger partial charge is 0.477 e. The van der Waals surface area contributed by atoms with E-state index in [9.17, 15) is 9.59 Å². The first-order valence-corrected chi connectivity index (χ1v) is 5.76. The van der Waals surface area contributed by atoms with Gasteiger partial charge >= 0.3 is 5.97 Å². The van der Waals surface area contributed by atoms with Crippen LogP contribution in [0.2, 0.25) is 0 Å². The van der Waals surface area contributed by atoms with Crippen LogP contribution in [0, 0.1) is 0 Å². The summed E-state index contributed by atoms with van der Waals surface area (Å²) in [5.74, 6) is -1.23. The van der Waals surface area contributed by atoms with Crippen LogP contribution in [0.4, 0.5) is 0 Å². The first-order valence-electron chi connectivity index (χ1n) is 4.94. The Labute approximate surface area is 103 Å². The van der Waals surface area contributed by atoms with Gasteiger partial charge in [0.25, 0.3) is 5.91 Å². The van der Waals surface area contributed by atoms with E-state index in [1.54, 1.807) is 12.2 Å². The van der Waals surface area contributed by atoms with Gasteiger partial charge in [-0.05, 0) is 12.1 Å². The molecule has 1 rings (SSSR count). The third-order valence-corrected chi connectivity index (χ3v) is 3.07. The van der Waals surface area contributed by atoms with E-state index in [2.05, 4.69) is 13.2 Å². The molecule has 1 N–H and O–H groups in total. The van der Waals surface area contributed by atoms with Crippen LogP contribution in [-0.2, 0) is 0 Å². The van der Waals surface area contributed by atoms with E-state index in [0.717, 1.165) is 11.3 Å². The smallest absolute Gasteiger partial charge is 0.345 e. The number of thiophene rings is 1. The SMILES string of the molecule is C=CCN(CC=C)C(=O)c1ccc(C(=O)O)s1. The topological polar surface area (TPSA) is 57.6 Å². The van der Waals surface area contributed by atoms with Gasteiger partial charge in [-0.25, -0.2) is 4.79 Å². The average Bonchev–Trinajstić information content (AvgIpc) is 2.77. The van der Waals surface area contributed by atoms with Gasteiger partial charge in [-0.2, -0.15) is 0 Å². The normalized spacial score (nSPS) is 9.65. The molecular formula is C12H13NO3S. The summed E-state index contributed by atoms with van der Waals surface area (Å²) in [4.78, 5) is 24.8. The van der Waals surface area contributed by atoms with Crippen molar-refractivity contribution >= 4 is 23.2 Å². The third kappa shape index (κ3) is 3.29. The summed E-state index contributed by atoms with van der Waals surface area (Å²) in [6, 6.07) is 2.95. The molecule has 17 heavy (non-hydrogen) atoms. The maximum atomic E-state index is 12.0. The molecule has 5 heteroatoms. The molecule has 1 heterocycles. The van der Waals surface area contributed by atoms with Gasteiger partial charge in [0, 0.05) is 13.1 Å². The Hall–Kier alpha value is -1.88. The van der Waals surface area contributed by atoms with Gasteiger partial charge in [0.2, 0.25) is 0 Å². The van der Waals surface area contributed by atoms with E-state index in [0.29, 0.717) is 18.0 Å². The second kappa shape index (κ2) is 6.00. The van der Waals surface area contributed by atoms with Crippen molar-refractivity contribution < 1.29 is 14.7 Å². The summed E-state index contributed by atoms with van der Waals surface area (Å²) in [5.41, 5.74) is 0. The molecular weight excluding hydrogens is 238 g/mol. The van der Waals surface area contributed by atoms with Gasteiger partial charge in [-0.3, -0.25) is 4.79 Å². The lowest BCUT2D eigenvalue weighted by Gasteiger charge is -2.17. The van der Waals surface area contributed by atoms with Crippen LogP contribution < -0.4 is 0 Å². The first-order chi connectivity index (χ1) is 8.10. The Morgan fingerprint density at radius 3 is 2.18 bits per heavy atom. The van der Waals surface area contributed by atoms with E-state index < -0.39 is 5.97 Å². The van der Waals surface area contributed by atoms with Crippen molar-refractivity contribution in [3.8, 4) is 0 Å². The van der Waals surface area contributed by atoms with Crippen LogP contribution in [-0.4, -0.2) is 35.0 Å². The van der Waals surface area contributed by atoms with Gasteiger partial charge < -0.3 is 10.0 Å². The molecule has 1 aromatic rings. The van der Waals surface area contributed by atoms with Crippen molar-refractivity contribution in [3.05, 3.63) is 47.2 Å². The maximum absolute atomic E-state index is 12.0. The Morgan fingerprint density at radius 2 is 1.76 bits per heavy atom. The fourth-order valence-electron chi connectivity index (χ4n) is 1.28. The number of aromatic carboxylic acids is 1. The van der Waals surface area contributed by atoms with Crippen molar-refractivity contribution in [1.29, 1.82) is 0 Å². The highest BCUT2D eigenvalue weighted by atomic mass is 32.1. The van der Waals surface area contributed by atoms with Gasteiger partial charge in [-0.15, -0.1) is 24.5 Å². The Balaban J connectivity index is 2.88. The molecule has 1 aromatic heterocycles. The highest BCUT2D eigenvalue weighted by Crippen LogP contribution is 2.18. The zero-order chi connectivity index (χ0) is 12.8. The Kier molecular flexibility index (Phi) is 4.66. The lowest BCUT2D eigenvalue weighted by molar-refractivity contribution is 0.0701. The standard InChI is InChI=1S/C12H13NO3S/c1-3-7-13(8-4-2)11(14)9-5-6-10(17-9)12(15)16/h3-6H,1-2,7-8H2,(H,15,16). The van der Waals surface area contributed by atoms with Crippen LogP contribution >= 0.6 is 11.3 Å². The Morgan fingerprint density at radius 1 is 1.24 bits per heavy atom. The van der Waals surface area contributed by atoms with Gasteiger partial charge in [0.1, 0.15) is 4.88 Å². The van der Waals surface area contributed by atoms with E-state index in [1.807, 2.05) is 0 Å². The fraction of sp³-hybridized carbons (Fsp3) is 0.167. The zero-order valence-corrected chi connectivity index (χ0v) is 10.1. The van der Waals surface area contributed by atoms with E-state index in [4.69, 9.17) is 5.11 Å². The second-order valence-electron chi connectivity index (χ2n) is 3.26. The van der Waals surface area contributed by atoms with Crippen molar-refractivity contribution in [2.75, 3.05) is 13.1 Å². The fourth-order valence-corrected chi connectivity index (χ4v) is 2.09. The molecule has 0 saturated carbocycles. The second-order valence-corrected chi connectivity index (χ2v) is 4.34. The number of rotatable bonds is 6. The maximum Gasteiger partial charge on any atom is 0.345 e. The number of carboxylic acid groups (broad SMARTS) is 1. The van der Waals surface area contributed by atoms with Gasteiger partial charge in [0.05, 0.1) is 4.88 Å². The zero-order valence-electron chi connectivity index (χ0n) is 9.26. The molecule has 0 aromatic carbocycles. The van der Waals surface area contributed by atoms with Crippen LogP contribution in [0.15, 0.2) is 37.4 Å². The monoisotopic (exact) mass is 251 g/mol. The van der Waals surface area contributed by atoms with Crippen molar-refractivity contribution in [2.45, 2.75) is 0 Å². The number of carbonyl (C=O) groups excluding carboxylic acids is 1. The summed E-state index contributed by atoms with van der Waals surface area (Å²) >= 11 is 0.970. The van der Waals surface area contributed by atoms with E-state index in [-0.39, 0.29) is 10.8 Å². The predicted molar refractivity (Wildman–Crippen MR) is 67.6 cm³/mol. The minimum absolute atomic E-state index is 0.158. The lowest BCUT2D eigenvalue weighted by atomic mass is 10.3. The molecule has 90 valence electrons. The molecule has 0 spiro atoms. The quantitative estimate of drug-likeness (QED) is 0.789. The van der Waals surface area contributed by atoms with Crippen LogP contribution in [0.25, 0.3) is 0 Å². The highest BCUT2D eigenvalue weighted by molar-refractivity contribution is 7.15. The molecule has 4 nitrogen and oxygen atoms in total. The van der Waals surface area contributed by atoms with Crippen molar-refractivity contribution in [3.63, 3.8) is 0 Å². The molecule has 0 bridgehead atoms. The lowest BCUT2D eigenvalue weighted by Crippen LogP contribution is -2.30. The molecule has 0 aliphatic carbocycles. The molecule has 0 unspecified atom stereocenters.